The molecule has 0 saturated heterocycles. The molecule has 2 heterocycles. The van der Waals surface area contributed by atoms with E-state index >= 15 is 0 Å². The molecule has 0 radical (unpaired) electrons. The summed E-state index contributed by atoms with van der Waals surface area (Å²) in [5.74, 6) is 1.31. The van der Waals surface area contributed by atoms with Crippen molar-refractivity contribution >= 4 is 35.1 Å². The van der Waals surface area contributed by atoms with Gasteiger partial charge in [0.05, 0.1) is 6.42 Å². The lowest BCUT2D eigenvalue weighted by atomic mass is 10.1. The third kappa shape index (κ3) is 4.95. The van der Waals surface area contributed by atoms with E-state index in [1.54, 1.807) is 12.1 Å². The van der Waals surface area contributed by atoms with Gasteiger partial charge in [0, 0.05) is 44.4 Å². The summed E-state index contributed by atoms with van der Waals surface area (Å²) in [5.41, 5.74) is 3.08. The first kappa shape index (κ1) is 22.3. The van der Waals surface area contributed by atoms with E-state index in [1.807, 2.05) is 54.8 Å². The minimum Gasteiger partial charge on any atom is -0.457 e. The second-order valence-corrected chi connectivity index (χ2v) is 8.90. The Balaban J connectivity index is 1.34. The number of aryl methyl sites for hydroxylation is 1. The Kier molecular flexibility index (Phi) is 6.77. The molecule has 0 bridgehead atoms. The number of thioether (sulfide) groups is 1. The first-order valence-electron chi connectivity index (χ1n) is 10.1. The van der Waals surface area contributed by atoms with Gasteiger partial charge in [-0.2, -0.15) is 0 Å². The van der Waals surface area contributed by atoms with Gasteiger partial charge in [-0.3, -0.25) is 9.59 Å². The fourth-order valence-corrected chi connectivity index (χ4v) is 4.50. The van der Waals surface area contributed by atoms with Crippen LogP contribution in [-0.4, -0.2) is 35.5 Å². The molecule has 3 aromatic rings. The van der Waals surface area contributed by atoms with Crippen LogP contribution in [0.2, 0.25) is 5.02 Å². The van der Waals surface area contributed by atoms with Gasteiger partial charge in [-0.1, -0.05) is 11.6 Å². The lowest BCUT2D eigenvalue weighted by Gasteiger charge is -2.11. The minimum atomic E-state index is -0.399. The minimum absolute atomic E-state index is 0.204. The zero-order chi connectivity index (χ0) is 22.7. The van der Waals surface area contributed by atoms with Crippen LogP contribution in [0.4, 0.5) is 0 Å². The number of fused-ring (bicyclic) bond motifs is 1. The zero-order valence-corrected chi connectivity index (χ0v) is 19.3. The molecule has 8 heteroatoms. The number of ketones is 1. The second-order valence-electron chi connectivity index (χ2n) is 7.29. The number of ether oxygens (including phenoxy) is 3. The Hall–Kier alpha value is -2.90. The quantitative estimate of drug-likeness (QED) is 0.249. The maximum atomic E-state index is 12.7. The highest BCUT2D eigenvalue weighted by Gasteiger charge is 2.20. The summed E-state index contributed by atoms with van der Waals surface area (Å²) in [7, 11) is 0. The van der Waals surface area contributed by atoms with Crippen LogP contribution in [0.5, 0.6) is 11.5 Å². The summed E-state index contributed by atoms with van der Waals surface area (Å²) >= 11 is 7.40. The first-order chi connectivity index (χ1) is 15.4. The number of carbonyl (C=O) groups excluding carboxylic acids is 2. The molecular weight excluding hydrogens is 450 g/mol. The van der Waals surface area contributed by atoms with Crippen molar-refractivity contribution in [2.45, 2.75) is 25.2 Å². The number of rotatable bonds is 8. The molecule has 1 aliphatic heterocycles. The van der Waals surface area contributed by atoms with Crippen LogP contribution in [0, 0.1) is 13.8 Å². The lowest BCUT2D eigenvalue weighted by molar-refractivity contribution is -0.141. The standard InChI is InChI=1S/C24H22ClNO5S/c1-15-11-20(16(2)26(15)18-5-8-22-23(12-18)31-14-30-22)21(27)13-29-24(28)9-10-32-19-6-3-17(25)4-7-19/h3-8,11-12H,9-10,13-14H2,1-2H3. The van der Waals surface area contributed by atoms with Crippen LogP contribution in [0.1, 0.15) is 28.2 Å². The van der Waals surface area contributed by atoms with Crippen molar-refractivity contribution in [2.75, 3.05) is 19.2 Å². The van der Waals surface area contributed by atoms with Crippen molar-refractivity contribution in [3.8, 4) is 17.2 Å². The van der Waals surface area contributed by atoms with Gasteiger partial charge < -0.3 is 18.8 Å². The normalized spacial score (nSPS) is 12.1. The van der Waals surface area contributed by atoms with Crippen LogP contribution in [-0.2, 0) is 9.53 Å². The second kappa shape index (κ2) is 9.71. The summed E-state index contributed by atoms with van der Waals surface area (Å²) in [6.45, 7) is 3.72. The fraction of sp³-hybridized carbons (Fsp3) is 0.250. The van der Waals surface area contributed by atoms with Gasteiger partial charge >= 0.3 is 5.97 Å². The number of carbonyl (C=O) groups is 2. The third-order valence-electron chi connectivity index (χ3n) is 5.10. The third-order valence-corrected chi connectivity index (χ3v) is 6.36. The SMILES string of the molecule is Cc1cc(C(=O)COC(=O)CCSc2ccc(Cl)cc2)c(C)n1-c1ccc2c(c1)OCO2. The van der Waals surface area contributed by atoms with E-state index in [2.05, 4.69) is 0 Å². The molecular formula is C24H22ClNO5S. The van der Waals surface area contributed by atoms with Gasteiger partial charge in [-0.15, -0.1) is 11.8 Å². The highest BCUT2D eigenvalue weighted by Crippen LogP contribution is 2.35. The van der Waals surface area contributed by atoms with Crippen molar-refractivity contribution in [1.29, 1.82) is 0 Å². The molecule has 32 heavy (non-hydrogen) atoms. The topological polar surface area (TPSA) is 66.8 Å². The first-order valence-corrected chi connectivity index (χ1v) is 11.4. The summed E-state index contributed by atoms with van der Waals surface area (Å²) in [5, 5.41) is 0.671. The fourth-order valence-electron chi connectivity index (χ4n) is 3.55. The molecule has 0 spiro atoms. The van der Waals surface area contributed by atoms with Crippen molar-refractivity contribution in [3.63, 3.8) is 0 Å². The predicted molar refractivity (Wildman–Crippen MR) is 123 cm³/mol. The average Bonchev–Trinajstić information content (AvgIpc) is 3.36. The molecule has 166 valence electrons. The highest BCUT2D eigenvalue weighted by molar-refractivity contribution is 7.99. The number of Topliss-reactive ketones (excluding diaryl/α,β-unsaturated/α-hetero) is 1. The maximum Gasteiger partial charge on any atom is 0.307 e. The van der Waals surface area contributed by atoms with Gasteiger partial charge in [0.25, 0.3) is 0 Å². The molecule has 0 atom stereocenters. The van der Waals surface area contributed by atoms with Gasteiger partial charge in [-0.25, -0.2) is 0 Å². The predicted octanol–water partition coefficient (Wildman–Crippen LogP) is 5.38. The molecule has 0 amide bonds. The van der Waals surface area contributed by atoms with Crippen LogP contribution in [0.3, 0.4) is 0 Å². The van der Waals surface area contributed by atoms with Crippen molar-refractivity contribution in [2.24, 2.45) is 0 Å². The number of benzene rings is 2. The van der Waals surface area contributed by atoms with Crippen molar-refractivity contribution < 1.29 is 23.8 Å². The molecule has 0 saturated carbocycles. The Labute approximate surface area is 195 Å². The van der Waals surface area contributed by atoms with E-state index in [4.69, 9.17) is 25.8 Å². The van der Waals surface area contributed by atoms with Crippen molar-refractivity contribution in [1.82, 2.24) is 4.57 Å². The maximum absolute atomic E-state index is 12.7. The van der Waals surface area contributed by atoms with E-state index in [0.717, 1.165) is 22.0 Å². The van der Waals surface area contributed by atoms with Gasteiger partial charge in [0.2, 0.25) is 12.6 Å². The number of esters is 1. The molecule has 2 aromatic carbocycles. The van der Waals surface area contributed by atoms with Crippen molar-refractivity contribution in [3.05, 3.63) is 70.5 Å². The summed E-state index contributed by atoms with van der Waals surface area (Å²) < 4.78 is 18.0. The molecule has 0 aliphatic carbocycles. The summed E-state index contributed by atoms with van der Waals surface area (Å²) in [4.78, 5) is 25.8. The highest BCUT2D eigenvalue weighted by atomic mass is 35.5. The number of hydrogen-bond acceptors (Lipinski definition) is 6. The Morgan fingerprint density at radius 3 is 2.59 bits per heavy atom. The van der Waals surface area contributed by atoms with E-state index < -0.39 is 5.97 Å². The van der Waals surface area contributed by atoms with Crippen LogP contribution in [0.25, 0.3) is 5.69 Å². The Morgan fingerprint density at radius 1 is 1.06 bits per heavy atom. The average molecular weight is 472 g/mol. The monoisotopic (exact) mass is 471 g/mol. The molecule has 1 aromatic heterocycles. The molecule has 0 unspecified atom stereocenters. The van der Waals surface area contributed by atoms with Crippen LogP contribution >= 0.6 is 23.4 Å². The number of aromatic nitrogens is 1. The molecule has 4 rings (SSSR count). The van der Waals surface area contributed by atoms with Gasteiger partial charge in [0.15, 0.2) is 18.1 Å². The zero-order valence-electron chi connectivity index (χ0n) is 17.7. The van der Waals surface area contributed by atoms with E-state index in [1.165, 1.54) is 11.8 Å². The molecule has 0 N–H and O–H groups in total. The Morgan fingerprint density at radius 2 is 1.81 bits per heavy atom. The smallest absolute Gasteiger partial charge is 0.307 e. The number of hydrogen-bond donors (Lipinski definition) is 0. The van der Waals surface area contributed by atoms with E-state index in [-0.39, 0.29) is 25.6 Å². The number of halogens is 1. The Bertz CT molecular complexity index is 1160. The largest absolute Gasteiger partial charge is 0.457 e. The van der Waals surface area contributed by atoms with Gasteiger partial charge in [0.1, 0.15) is 0 Å². The summed E-state index contributed by atoms with van der Waals surface area (Å²) in [6, 6.07) is 14.9. The molecule has 0 fully saturated rings. The summed E-state index contributed by atoms with van der Waals surface area (Å²) in [6.07, 6.45) is 0.219. The number of nitrogens with zero attached hydrogens (tertiary/aromatic N) is 1. The van der Waals surface area contributed by atoms with Crippen LogP contribution in [0.15, 0.2) is 53.4 Å². The molecule has 1 aliphatic rings. The van der Waals surface area contributed by atoms with Crippen LogP contribution < -0.4 is 9.47 Å². The van der Waals surface area contributed by atoms with Gasteiger partial charge in [-0.05, 0) is 56.3 Å². The van der Waals surface area contributed by atoms with E-state index in [9.17, 15) is 9.59 Å². The molecule has 6 nitrogen and oxygen atoms in total. The lowest BCUT2D eigenvalue weighted by Crippen LogP contribution is -2.15. The van der Waals surface area contributed by atoms with E-state index in [0.29, 0.717) is 27.8 Å².